The van der Waals surface area contributed by atoms with E-state index >= 15 is 0 Å². The van der Waals surface area contributed by atoms with Crippen LogP contribution in [0.3, 0.4) is 0 Å². The molecule has 1 aliphatic carbocycles. The van der Waals surface area contributed by atoms with E-state index in [1.54, 1.807) is 21.3 Å². The van der Waals surface area contributed by atoms with Crippen LogP contribution in [0.4, 0.5) is 0 Å². The van der Waals surface area contributed by atoms with Crippen LogP contribution >= 0.6 is 0 Å². The summed E-state index contributed by atoms with van der Waals surface area (Å²) in [5.41, 5.74) is 0. The summed E-state index contributed by atoms with van der Waals surface area (Å²) in [7, 11) is 2.10. The SMILES string of the molecule is CCC(C)C(CC(=O)O)C(=O)OC1CCC(CC[Si](OC)(OC)OC)CC1O. The van der Waals surface area contributed by atoms with E-state index < -0.39 is 38.9 Å². The highest BCUT2D eigenvalue weighted by Gasteiger charge is 2.40. The summed E-state index contributed by atoms with van der Waals surface area (Å²) in [6.45, 7) is 3.76. The van der Waals surface area contributed by atoms with Crippen molar-refractivity contribution in [2.24, 2.45) is 17.8 Å². The fourth-order valence-electron chi connectivity index (χ4n) is 3.77. The number of aliphatic carboxylic acids is 1. The zero-order chi connectivity index (χ0) is 21.3. The molecule has 2 N–H and O–H groups in total. The first-order valence-electron chi connectivity index (χ1n) is 9.97. The number of hydrogen-bond acceptors (Lipinski definition) is 7. The number of aliphatic hydroxyl groups is 1. The van der Waals surface area contributed by atoms with Gasteiger partial charge >= 0.3 is 20.7 Å². The molecule has 5 atom stereocenters. The van der Waals surface area contributed by atoms with Gasteiger partial charge in [-0.25, -0.2) is 0 Å². The number of esters is 1. The van der Waals surface area contributed by atoms with Gasteiger partial charge in [-0.15, -0.1) is 0 Å². The lowest BCUT2D eigenvalue weighted by Crippen LogP contribution is -2.44. The van der Waals surface area contributed by atoms with Crippen molar-refractivity contribution in [3.63, 3.8) is 0 Å². The molecule has 1 saturated carbocycles. The molecular formula is C19H36O8Si. The first-order chi connectivity index (χ1) is 13.2. The molecule has 9 heteroatoms. The molecule has 0 aromatic rings. The topological polar surface area (TPSA) is 112 Å². The van der Waals surface area contributed by atoms with E-state index in [9.17, 15) is 14.7 Å². The summed E-state index contributed by atoms with van der Waals surface area (Å²) in [6.07, 6.45) is 1.78. The van der Waals surface area contributed by atoms with Crippen molar-refractivity contribution in [3.8, 4) is 0 Å². The number of carbonyl (C=O) groups is 2. The molecule has 1 aliphatic rings. The Labute approximate surface area is 168 Å². The van der Waals surface area contributed by atoms with Gasteiger partial charge in [0.1, 0.15) is 6.10 Å². The molecule has 1 rings (SSSR count). The molecule has 164 valence electrons. The largest absolute Gasteiger partial charge is 0.500 e. The standard InChI is InChI=1S/C19H36O8Si/c1-6-13(2)15(12-18(21)22)19(23)27-17-8-7-14(11-16(17)20)9-10-28(24-3,25-4)26-5/h13-17,20H,6-12H2,1-5H3,(H,21,22). The monoisotopic (exact) mass is 420 g/mol. The Morgan fingerprint density at radius 1 is 1.14 bits per heavy atom. The number of hydrogen-bond donors (Lipinski definition) is 2. The Bertz CT molecular complexity index is 488. The van der Waals surface area contributed by atoms with Gasteiger partial charge in [0, 0.05) is 27.4 Å². The van der Waals surface area contributed by atoms with Crippen molar-refractivity contribution in [3.05, 3.63) is 0 Å². The van der Waals surface area contributed by atoms with E-state index in [1.807, 2.05) is 13.8 Å². The van der Waals surface area contributed by atoms with E-state index in [0.29, 0.717) is 25.3 Å². The first kappa shape index (κ1) is 25.0. The minimum Gasteiger partial charge on any atom is -0.481 e. The Hall–Kier alpha value is -1.00. The van der Waals surface area contributed by atoms with Crippen molar-refractivity contribution < 1.29 is 37.8 Å². The van der Waals surface area contributed by atoms with Gasteiger partial charge < -0.3 is 28.2 Å². The predicted octanol–water partition coefficient (Wildman–Crippen LogP) is 2.46. The molecule has 0 aromatic carbocycles. The van der Waals surface area contributed by atoms with E-state index in [1.165, 1.54) is 0 Å². The lowest BCUT2D eigenvalue weighted by molar-refractivity contribution is -0.168. The molecule has 0 radical (unpaired) electrons. The van der Waals surface area contributed by atoms with Crippen LogP contribution in [0.1, 0.15) is 52.4 Å². The van der Waals surface area contributed by atoms with Gasteiger partial charge in [-0.05, 0) is 37.5 Å². The van der Waals surface area contributed by atoms with Crippen LogP contribution in [0.15, 0.2) is 0 Å². The minimum absolute atomic E-state index is 0.0905. The fourth-order valence-corrected chi connectivity index (χ4v) is 5.64. The molecule has 1 fully saturated rings. The van der Waals surface area contributed by atoms with Crippen LogP contribution < -0.4 is 0 Å². The van der Waals surface area contributed by atoms with Gasteiger partial charge in [-0.3, -0.25) is 9.59 Å². The second-order valence-electron chi connectivity index (χ2n) is 7.65. The van der Waals surface area contributed by atoms with Gasteiger partial charge in [0.25, 0.3) is 0 Å². The average molecular weight is 421 g/mol. The van der Waals surface area contributed by atoms with Gasteiger partial charge in [-0.2, -0.15) is 0 Å². The number of carboxylic acids is 1. The van der Waals surface area contributed by atoms with Crippen molar-refractivity contribution in [2.75, 3.05) is 21.3 Å². The third-order valence-corrected chi connectivity index (χ3v) is 8.72. The van der Waals surface area contributed by atoms with E-state index in [2.05, 4.69) is 0 Å². The van der Waals surface area contributed by atoms with Crippen LogP contribution in [0.25, 0.3) is 0 Å². The minimum atomic E-state index is -2.64. The van der Waals surface area contributed by atoms with Crippen LogP contribution in [-0.4, -0.2) is 64.5 Å². The number of ether oxygens (including phenoxy) is 1. The number of rotatable bonds is 12. The van der Waals surface area contributed by atoms with Gasteiger partial charge in [-0.1, -0.05) is 20.3 Å². The summed E-state index contributed by atoms with van der Waals surface area (Å²) in [4.78, 5) is 23.6. The Morgan fingerprint density at radius 3 is 2.21 bits per heavy atom. The number of carboxylic acid groups (broad SMARTS) is 1. The Balaban J connectivity index is 2.59. The van der Waals surface area contributed by atoms with Crippen molar-refractivity contribution in [1.82, 2.24) is 0 Å². The van der Waals surface area contributed by atoms with Crippen LogP contribution in [-0.2, 0) is 27.6 Å². The fraction of sp³-hybridized carbons (Fsp3) is 0.895. The first-order valence-corrected chi connectivity index (χ1v) is 11.9. The maximum atomic E-state index is 12.5. The average Bonchev–Trinajstić information content (AvgIpc) is 2.68. The van der Waals surface area contributed by atoms with E-state index in [-0.39, 0.29) is 18.3 Å². The molecule has 0 heterocycles. The summed E-state index contributed by atoms with van der Waals surface area (Å²) in [6, 6.07) is 0.660. The summed E-state index contributed by atoms with van der Waals surface area (Å²) < 4.78 is 21.8. The normalized spacial score (nSPS) is 25.1. The summed E-state index contributed by atoms with van der Waals surface area (Å²) >= 11 is 0. The zero-order valence-corrected chi connectivity index (χ0v) is 18.7. The molecule has 0 aromatic heterocycles. The maximum Gasteiger partial charge on any atom is 0.500 e. The van der Waals surface area contributed by atoms with Gasteiger partial charge in [0.05, 0.1) is 18.4 Å². The van der Waals surface area contributed by atoms with Crippen molar-refractivity contribution >= 4 is 20.7 Å². The molecule has 0 saturated heterocycles. The highest BCUT2D eigenvalue weighted by Crippen LogP contribution is 2.33. The summed E-state index contributed by atoms with van der Waals surface area (Å²) in [5, 5.41) is 19.5. The maximum absolute atomic E-state index is 12.5. The molecule has 0 spiro atoms. The van der Waals surface area contributed by atoms with Gasteiger partial charge in [0.2, 0.25) is 0 Å². The molecule has 28 heavy (non-hydrogen) atoms. The third-order valence-electron chi connectivity index (χ3n) is 5.95. The molecule has 0 bridgehead atoms. The molecular weight excluding hydrogens is 384 g/mol. The predicted molar refractivity (Wildman–Crippen MR) is 105 cm³/mol. The quantitative estimate of drug-likeness (QED) is 0.366. The lowest BCUT2D eigenvalue weighted by atomic mass is 9.83. The zero-order valence-electron chi connectivity index (χ0n) is 17.7. The second-order valence-corrected chi connectivity index (χ2v) is 10.7. The Morgan fingerprint density at radius 2 is 1.75 bits per heavy atom. The summed E-state index contributed by atoms with van der Waals surface area (Å²) in [5.74, 6) is -2.06. The highest BCUT2D eigenvalue weighted by molar-refractivity contribution is 6.60. The molecule has 0 amide bonds. The second kappa shape index (κ2) is 11.9. The highest BCUT2D eigenvalue weighted by atomic mass is 28.4. The smallest absolute Gasteiger partial charge is 0.481 e. The number of aliphatic hydroxyl groups excluding tert-OH is 1. The van der Waals surface area contributed by atoms with E-state index in [4.69, 9.17) is 23.1 Å². The van der Waals surface area contributed by atoms with Crippen LogP contribution in [0.5, 0.6) is 0 Å². The van der Waals surface area contributed by atoms with Crippen molar-refractivity contribution in [1.29, 1.82) is 0 Å². The molecule has 0 aliphatic heterocycles. The van der Waals surface area contributed by atoms with E-state index in [0.717, 1.165) is 12.8 Å². The molecule has 5 unspecified atom stereocenters. The van der Waals surface area contributed by atoms with Crippen LogP contribution in [0.2, 0.25) is 6.04 Å². The third kappa shape index (κ3) is 7.11. The Kier molecular flexibility index (Phi) is 10.6. The van der Waals surface area contributed by atoms with Gasteiger partial charge in [0.15, 0.2) is 0 Å². The lowest BCUT2D eigenvalue weighted by Gasteiger charge is -2.35. The number of carbonyl (C=O) groups excluding carboxylic acids is 1. The molecule has 8 nitrogen and oxygen atoms in total. The van der Waals surface area contributed by atoms with Crippen LogP contribution in [0, 0.1) is 17.8 Å². The van der Waals surface area contributed by atoms with Crippen molar-refractivity contribution in [2.45, 2.75) is 70.6 Å².